The molecule has 3 rings (SSSR count). The van der Waals surface area contributed by atoms with Crippen LogP contribution in [0.1, 0.15) is 18.4 Å². The predicted octanol–water partition coefficient (Wildman–Crippen LogP) is 1.29. The van der Waals surface area contributed by atoms with Crippen molar-refractivity contribution in [2.75, 3.05) is 45.9 Å². The number of carbonyl (C=O) groups is 1. The fourth-order valence-electron chi connectivity index (χ4n) is 3.43. The standard InChI is InChI=1S/C18H26ClN3O4S/c19-17-5-3-15(4-6-17)7-8-20-18(23)16-2-1-9-22(14-16)27(24,25)21-10-12-26-13-11-21/h3-6,16H,1-2,7-14H2,(H,20,23). The third-order valence-electron chi connectivity index (χ3n) is 5.00. The van der Waals surface area contributed by atoms with Crippen molar-refractivity contribution in [2.45, 2.75) is 19.3 Å². The lowest BCUT2D eigenvalue weighted by Crippen LogP contribution is -2.53. The molecule has 0 radical (unpaired) electrons. The lowest BCUT2D eigenvalue weighted by molar-refractivity contribution is -0.126. The summed E-state index contributed by atoms with van der Waals surface area (Å²) >= 11 is 5.87. The summed E-state index contributed by atoms with van der Waals surface area (Å²) in [6.45, 7) is 2.81. The predicted molar refractivity (Wildman–Crippen MR) is 104 cm³/mol. The molecule has 1 N–H and O–H groups in total. The number of morpholine rings is 1. The molecule has 0 aromatic heterocycles. The van der Waals surface area contributed by atoms with Gasteiger partial charge in [0.25, 0.3) is 10.2 Å². The van der Waals surface area contributed by atoms with Crippen LogP contribution in [0.25, 0.3) is 0 Å². The SMILES string of the molecule is O=C(NCCc1ccc(Cl)cc1)C1CCCN(S(=O)(=O)N2CCOCC2)C1. The van der Waals surface area contributed by atoms with E-state index in [-0.39, 0.29) is 18.4 Å². The Balaban J connectivity index is 1.50. The van der Waals surface area contributed by atoms with E-state index in [9.17, 15) is 13.2 Å². The summed E-state index contributed by atoms with van der Waals surface area (Å²) in [7, 11) is -3.52. The highest BCUT2D eigenvalue weighted by Crippen LogP contribution is 2.22. The van der Waals surface area contributed by atoms with Gasteiger partial charge in [-0.15, -0.1) is 0 Å². The van der Waals surface area contributed by atoms with Crippen LogP contribution in [0.3, 0.4) is 0 Å². The largest absolute Gasteiger partial charge is 0.379 e. The molecule has 2 saturated heterocycles. The molecule has 150 valence electrons. The summed E-state index contributed by atoms with van der Waals surface area (Å²) < 4.78 is 33.7. The number of hydrogen-bond acceptors (Lipinski definition) is 4. The summed E-state index contributed by atoms with van der Waals surface area (Å²) in [5.41, 5.74) is 1.10. The molecule has 0 bridgehead atoms. The van der Waals surface area contributed by atoms with Crippen LogP contribution in [-0.2, 0) is 26.2 Å². The smallest absolute Gasteiger partial charge is 0.282 e. The van der Waals surface area contributed by atoms with Gasteiger partial charge in [0.15, 0.2) is 0 Å². The normalized spacial score (nSPS) is 22.5. The number of ether oxygens (including phenoxy) is 1. The molecule has 0 spiro atoms. The van der Waals surface area contributed by atoms with Crippen LogP contribution in [0, 0.1) is 5.92 Å². The van der Waals surface area contributed by atoms with Crippen LogP contribution in [0.2, 0.25) is 5.02 Å². The molecule has 2 aliphatic heterocycles. The Morgan fingerprint density at radius 1 is 1.15 bits per heavy atom. The topological polar surface area (TPSA) is 79.0 Å². The zero-order chi connectivity index (χ0) is 19.3. The molecule has 27 heavy (non-hydrogen) atoms. The van der Waals surface area contributed by atoms with E-state index in [1.165, 1.54) is 8.61 Å². The van der Waals surface area contributed by atoms with E-state index in [0.717, 1.165) is 5.56 Å². The fourth-order valence-corrected chi connectivity index (χ4v) is 5.22. The van der Waals surface area contributed by atoms with Gasteiger partial charge < -0.3 is 10.1 Å². The van der Waals surface area contributed by atoms with Crippen molar-refractivity contribution in [1.29, 1.82) is 0 Å². The van der Waals surface area contributed by atoms with Crippen molar-refractivity contribution < 1.29 is 17.9 Å². The zero-order valence-corrected chi connectivity index (χ0v) is 16.8. The number of nitrogens with one attached hydrogen (secondary N) is 1. The molecule has 2 aliphatic rings. The summed E-state index contributed by atoms with van der Waals surface area (Å²) in [5, 5.41) is 3.63. The van der Waals surface area contributed by atoms with Gasteiger partial charge >= 0.3 is 0 Å². The molecule has 7 nitrogen and oxygen atoms in total. The van der Waals surface area contributed by atoms with E-state index in [1.807, 2.05) is 24.3 Å². The van der Waals surface area contributed by atoms with Gasteiger partial charge in [-0.3, -0.25) is 4.79 Å². The monoisotopic (exact) mass is 415 g/mol. The van der Waals surface area contributed by atoms with E-state index in [2.05, 4.69) is 5.32 Å². The van der Waals surface area contributed by atoms with Gasteiger partial charge in [-0.2, -0.15) is 17.0 Å². The third kappa shape index (κ3) is 5.42. The molecular formula is C18H26ClN3O4S. The van der Waals surface area contributed by atoms with Crippen LogP contribution in [0.4, 0.5) is 0 Å². The van der Waals surface area contributed by atoms with Gasteiger partial charge in [0.2, 0.25) is 5.91 Å². The van der Waals surface area contributed by atoms with E-state index in [1.54, 1.807) is 0 Å². The number of hydrogen-bond donors (Lipinski definition) is 1. The molecule has 2 fully saturated rings. The third-order valence-corrected chi connectivity index (χ3v) is 7.26. The molecular weight excluding hydrogens is 390 g/mol. The second-order valence-corrected chi connectivity index (χ2v) is 9.25. The molecule has 2 heterocycles. The summed E-state index contributed by atoms with van der Waals surface area (Å²) in [6, 6.07) is 7.53. The first-order valence-corrected chi connectivity index (χ1v) is 11.1. The number of rotatable bonds is 6. The molecule has 0 aliphatic carbocycles. The Morgan fingerprint density at radius 3 is 2.56 bits per heavy atom. The maximum atomic E-state index is 12.8. The number of amides is 1. The Bertz CT molecular complexity index is 735. The Hall–Kier alpha value is -1.19. The summed E-state index contributed by atoms with van der Waals surface area (Å²) in [6.07, 6.45) is 2.12. The number of benzene rings is 1. The minimum Gasteiger partial charge on any atom is -0.379 e. The zero-order valence-electron chi connectivity index (χ0n) is 15.3. The van der Waals surface area contributed by atoms with Crippen LogP contribution in [0.5, 0.6) is 0 Å². The first kappa shape index (κ1) is 20.5. The van der Waals surface area contributed by atoms with Crippen molar-refractivity contribution in [3.8, 4) is 0 Å². The van der Waals surface area contributed by atoms with Crippen LogP contribution in [-0.4, -0.2) is 68.9 Å². The molecule has 1 aromatic rings. The quantitative estimate of drug-likeness (QED) is 0.759. The van der Waals surface area contributed by atoms with Gasteiger partial charge in [-0.05, 0) is 37.0 Å². The average Bonchev–Trinajstić information content (AvgIpc) is 2.70. The number of halogens is 1. The van der Waals surface area contributed by atoms with Crippen molar-refractivity contribution in [1.82, 2.24) is 13.9 Å². The molecule has 0 saturated carbocycles. The van der Waals surface area contributed by atoms with E-state index in [0.29, 0.717) is 63.7 Å². The first-order chi connectivity index (χ1) is 13.0. The van der Waals surface area contributed by atoms with Crippen molar-refractivity contribution in [2.24, 2.45) is 5.92 Å². The van der Waals surface area contributed by atoms with E-state index >= 15 is 0 Å². The Labute approximate surface area is 165 Å². The molecule has 1 aromatic carbocycles. The average molecular weight is 416 g/mol. The van der Waals surface area contributed by atoms with Crippen molar-refractivity contribution in [3.63, 3.8) is 0 Å². The number of carbonyl (C=O) groups excluding carboxylic acids is 1. The molecule has 1 unspecified atom stereocenters. The van der Waals surface area contributed by atoms with Gasteiger partial charge in [0.05, 0.1) is 19.1 Å². The van der Waals surface area contributed by atoms with Crippen LogP contribution >= 0.6 is 11.6 Å². The number of piperidine rings is 1. The molecule has 1 atom stereocenters. The van der Waals surface area contributed by atoms with E-state index < -0.39 is 10.2 Å². The van der Waals surface area contributed by atoms with Crippen molar-refractivity contribution >= 4 is 27.7 Å². The highest BCUT2D eigenvalue weighted by Gasteiger charge is 2.36. The van der Waals surface area contributed by atoms with Gasteiger partial charge in [0.1, 0.15) is 0 Å². The maximum Gasteiger partial charge on any atom is 0.282 e. The fraction of sp³-hybridized carbons (Fsp3) is 0.611. The number of nitrogens with zero attached hydrogens (tertiary/aromatic N) is 2. The minimum atomic E-state index is -3.52. The van der Waals surface area contributed by atoms with Gasteiger partial charge in [0, 0.05) is 37.7 Å². The minimum absolute atomic E-state index is 0.0779. The second kappa shape index (κ2) is 9.34. The highest BCUT2D eigenvalue weighted by molar-refractivity contribution is 7.86. The Kier molecular flexibility index (Phi) is 7.10. The van der Waals surface area contributed by atoms with Crippen molar-refractivity contribution in [3.05, 3.63) is 34.9 Å². The lowest BCUT2D eigenvalue weighted by atomic mass is 9.99. The Morgan fingerprint density at radius 2 is 1.85 bits per heavy atom. The van der Waals surface area contributed by atoms with Gasteiger partial charge in [-0.1, -0.05) is 23.7 Å². The van der Waals surface area contributed by atoms with Gasteiger partial charge in [-0.25, -0.2) is 0 Å². The lowest BCUT2D eigenvalue weighted by Gasteiger charge is -2.36. The second-order valence-electron chi connectivity index (χ2n) is 6.88. The summed E-state index contributed by atoms with van der Waals surface area (Å²) in [4.78, 5) is 12.5. The van der Waals surface area contributed by atoms with Crippen LogP contribution in [0.15, 0.2) is 24.3 Å². The summed E-state index contributed by atoms with van der Waals surface area (Å²) in [5.74, 6) is -0.384. The molecule has 9 heteroatoms. The van der Waals surface area contributed by atoms with E-state index in [4.69, 9.17) is 16.3 Å². The van der Waals surface area contributed by atoms with Crippen LogP contribution < -0.4 is 5.32 Å². The maximum absolute atomic E-state index is 12.8. The highest BCUT2D eigenvalue weighted by atomic mass is 35.5. The first-order valence-electron chi connectivity index (χ1n) is 9.32. The molecule has 1 amide bonds.